The van der Waals surface area contributed by atoms with E-state index in [4.69, 9.17) is 16.1 Å². The maximum absolute atomic E-state index is 9.54. The summed E-state index contributed by atoms with van der Waals surface area (Å²) in [4.78, 5) is 6.47. The molecule has 0 aliphatic rings. The Hall–Kier alpha value is -1.43. The Morgan fingerprint density at radius 3 is 2.71 bits per heavy atom. The first-order chi connectivity index (χ1) is 9.95. The second-order valence-corrected chi connectivity index (χ2v) is 5.83. The zero-order valence-corrected chi connectivity index (χ0v) is 13.2. The van der Waals surface area contributed by atoms with Crippen molar-refractivity contribution in [3.63, 3.8) is 0 Å². The third-order valence-electron chi connectivity index (χ3n) is 3.12. The first-order valence-corrected chi connectivity index (χ1v) is 7.34. The number of aliphatic hydroxyl groups is 1. The molecule has 0 saturated carbocycles. The van der Waals surface area contributed by atoms with Gasteiger partial charge in [-0.05, 0) is 32.9 Å². The van der Waals surface area contributed by atoms with Gasteiger partial charge in [0, 0.05) is 23.2 Å². The summed E-state index contributed by atoms with van der Waals surface area (Å²) in [6.07, 6.45) is -0.400. The Morgan fingerprint density at radius 1 is 1.33 bits per heavy atom. The van der Waals surface area contributed by atoms with Gasteiger partial charge in [-0.3, -0.25) is 4.90 Å². The van der Waals surface area contributed by atoms with Gasteiger partial charge < -0.3 is 9.63 Å². The molecule has 0 aliphatic heterocycles. The van der Waals surface area contributed by atoms with Gasteiger partial charge in [-0.15, -0.1) is 0 Å². The van der Waals surface area contributed by atoms with Crippen molar-refractivity contribution >= 4 is 11.6 Å². The maximum atomic E-state index is 9.54. The number of nitrogens with zero attached hydrogens (tertiary/aromatic N) is 3. The van der Waals surface area contributed by atoms with Crippen LogP contribution in [-0.2, 0) is 6.54 Å². The van der Waals surface area contributed by atoms with Crippen molar-refractivity contribution in [3.05, 3.63) is 35.2 Å². The van der Waals surface area contributed by atoms with Crippen LogP contribution in [0.2, 0.25) is 5.02 Å². The molecule has 1 N–H and O–H groups in total. The number of aromatic nitrogens is 2. The van der Waals surface area contributed by atoms with E-state index in [0.717, 1.165) is 5.56 Å². The summed E-state index contributed by atoms with van der Waals surface area (Å²) in [6.45, 7) is 6.97. The Bertz CT molecular complexity index is 584. The summed E-state index contributed by atoms with van der Waals surface area (Å²) in [5.74, 6) is 1.05. The Labute approximate surface area is 129 Å². The quantitative estimate of drug-likeness (QED) is 0.889. The summed E-state index contributed by atoms with van der Waals surface area (Å²) >= 11 is 5.96. The van der Waals surface area contributed by atoms with Crippen LogP contribution >= 0.6 is 11.6 Å². The standard InChI is InChI=1S/C15H20ClN3O2/c1-10(2)19(8-11(3)20)9-14-17-15(18-21-14)12-5-4-6-13(16)7-12/h4-7,10-11,20H,8-9H2,1-3H3/t11-/m0/s1. The van der Waals surface area contributed by atoms with Crippen LogP contribution in [0, 0.1) is 0 Å². The third-order valence-corrected chi connectivity index (χ3v) is 3.35. The third kappa shape index (κ3) is 4.52. The minimum Gasteiger partial charge on any atom is -0.392 e. The van der Waals surface area contributed by atoms with E-state index in [9.17, 15) is 5.11 Å². The summed E-state index contributed by atoms with van der Waals surface area (Å²) in [6, 6.07) is 7.61. The van der Waals surface area contributed by atoms with Crippen LogP contribution in [0.25, 0.3) is 11.4 Å². The highest BCUT2D eigenvalue weighted by atomic mass is 35.5. The summed E-state index contributed by atoms with van der Waals surface area (Å²) < 4.78 is 5.29. The van der Waals surface area contributed by atoms with Crippen LogP contribution in [0.15, 0.2) is 28.8 Å². The van der Waals surface area contributed by atoms with Gasteiger partial charge in [0.15, 0.2) is 0 Å². The van der Waals surface area contributed by atoms with Gasteiger partial charge in [-0.2, -0.15) is 4.98 Å². The molecular weight excluding hydrogens is 290 g/mol. The molecule has 0 aliphatic carbocycles. The van der Waals surface area contributed by atoms with Gasteiger partial charge in [0.05, 0.1) is 12.6 Å². The fourth-order valence-corrected chi connectivity index (χ4v) is 2.23. The van der Waals surface area contributed by atoms with Crippen LogP contribution in [0.5, 0.6) is 0 Å². The van der Waals surface area contributed by atoms with Crippen molar-refractivity contribution in [3.8, 4) is 11.4 Å². The molecule has 0 radical (unpaired) electrons. The van der Waals surface area contributed by atoms with Gasteiger partial charge in [0.2, 0.25) is 11.7 Å². The number of halogens is 1. The smallest absolute Gasteiger partial charge is 0.241 e. The van der Waals surface area contributed by atoms with Gasteiger partial charge in [0.25, 0.3) is 0 Å². The molecular formula is C15H20ClN3O2. The molecule has 2 aromatic rings. The molecule has 21 heavy (non-hydrogen) atoms. The zero-order chi connectivity index (χ0) is 15.4. The fraction of sp³-hybridized carbons (Fsp3) is 0.467. The SMILES string of the molecule is CC(C)N(Cc1nc(-c2cccc(Cl)c2)no1)C[C@H](C)O. The molecule has 5 nitrogen and oxygen atoms in total. The van der Waals surface area contributed by atoms with Crippen LogP contribution in [0.4, 0.5) is 0 Å². The molecule has 0 fully saturated rings. The number of hydrogen-bond acceptors (Lipinski definition) is 5. The molecule has 0 amide bonds. The molecule has 1 aromatic heterocycles. The van der Waals surface area contributed by atoms with Crippen LogP contribution < -0.4 is 0 Å². The van der Waals surface area contributed by atoms with Crippen LogP contribution in [0.1, 0.15) is 26.7 Å². The maximum Gasteiger partial charge on any atom is 0.241 e. The average molecular weight is 310 g/mol. The molecule has 1 heterocycles. The Kier molecular flexibility index (Phi) is 5.33. The van der Waals surface area contributed by atoms with E-state index in [1.807, 2.05) is 12.1 Å². The first kappa shape index (κ1) is 15.9. The molecule has 2 rings (SSSR count). The number of rotatable bonds is 6. The van der Waals surface area contributed by atoms with E-state index in [0.29, 0.717) is 29.8 Å². The largest absolute Gasteiger partial charge is 0.392 e. The predicted octanol–water partition coefficient (Wildman–Crippen LogP) is 2.98. The fourth-order valence-electron chi connectivity index (χ4n) is 2.03. The Morgan fingerprint density at radius 2 is 2.10 bits per heavy atom. The lowest BCUT2D eigenvalue weighted by Crippen LogP contribution is -2.36. The van der Waals surface area contributed by atoms with Crippen LogP contribution in [0.3, 0.4) is 0 Å². The minimum atomic E-state index is -0.400. The van der Waals surface area contributed by atoms with Gasteiger partial charge in [0.1, 0.15) is 0 Å². The van der Waals surface area contributed by atoms with Gasteiger partial charge in [-0.1, -0.05) is 28.9 Å². The Balaban J connectivity index is 2.12. The molecule has 0 saturated heterocycles. The number of hydrogen-bond donors (Lipinski definition) is 1. The summed E-state index contributed by atoms with van der Waals surface area (Å²) in [5, 5.41) is 14.2. The van der Waals surface area contributed by atoms with E-state index in [1.165, 1.54) is 0 Å². The molecule has 6 heteroatoms. The number of aliphatic hydroxyl groups excluding tert-OH is 1. The van der Waals surface area contributed by atoms with E-state index in [-0.39, 0.29) is 6.04 Å². The summed E-state index contributed by atoms with van der Waals surface area (Å²) in [5.41, 5.74) is 0.823. The second kappa shape index (κ2) is 7.02. The lowest BCUT2D eigenvalue weighted by Gasteiger charge is -2.25. The van der Waals surface area contributed by atoms with Crippen LogP contribution in [-0.4, -0.2) is 38.8 Å². The minimum absolute atomic E-state index is 0.279. The van der Waals surface area contributed by atoms with Crippen molar-refractivity contribution in [2.45, 2.75) is 39.5 Å². The monoisotopic (exact) mass is 309 g/mol. The highest BCUT2D eigenvalue weighted by Crippen LogP contribution is 2.20. The molecule has 0 unspecified atom stereocenters. The highest BCUT2D eigenvalue weighted by molar-refractivity contribution is 6.30. The second-order valence-electron chi connectivity index (χ2n) is 5.39. The molecule has 1 aromatic carbocycles. The molecule has 114 valence electrons. The van der Waals surface area contributed by atoms with E-state index < -0.39 is 6.10 Å². The average Bonchev–Trinajstić information content (AvgIpc) is 2.86. The molecule has 0 bridgehead atoms. The van der Waals surface area contributed by atoms with Crippen molar-refractivity contribution in [1.29, 1.82) is 0 Å². The van der Waals surface area contributed by atoms with Crippen molar-refractivity contribution in [2.75, 3.05) is 6.54 Å². The first-order valence-electron chi connectivity index (χ1n) is 6.96. The predicted molar refractivity (Wildman–Crippen MR) is 82.0 cm³/mol. The number of benzene rings is 1. The highest BCUT2D eigenvalue weighted by Gasteiger charge is 2.17. The van der Waals surface area contributed by atoms with Crippen molar-refractivity contribution in [1.82, 2.24) is 15.0 Å². The normalized spacial score (nSPS) is 13.1. The molecule has 0 spiro atoms. The van der Waals surface area contributed by atoms with E-state index in [1.54, 1.807) is 19.1 Å². The summed E-state index contributed by atoms with van der Waals surface area (Å²) in [7, 11) is 0. The van der Waals surface area contributed by atoms with E-state index in [2.05, 4.69) is 28.9 Å². The lowest BCUT2D eigenvalue weighted by molar-refractivity contribution is 0.0943. The van der Waals surface area contributed by atoms with Crippen molar-refractivity contribution in [2.24, 2.45) is 0 Å². The topological polar surface area (TPSA) is 62.4 Å². The van der Waals surface area contributed by atoms with Crippen molar-refractivity contribution < 1.29 is 9.63 Å². The van der Waals surface area contributed by atoms with E-state index >= 15 is 0 Å². The van der Waals surface area contributed by atoms with Gasteiger partial charge >= 0.3 is 0 Å². The molecule has 1 atom stereocenters. The lowest BCUT2D eigenvalue weighted by atomic mass is 10.2. The van der Waals surface area contributed by atoms with Gasteiger partial charge in [-0.25, -0.2) is 0 Å². The zero-order valence-electron chi connectivity index (χ0n) is 12.5.